The summed E-state index contributed by atoms with van der Waals surface area (Å²) in [5.41, 5.74) is 9.70. The van der Waals surface area contributed by atoms with Crippen molar-refractivity contribution >= 4 is 21.6 Å². The van der Waals surface area contributed by atoms with Crippen molar-refractivity contribution in [2.75, 3.05) is 19.0 Å². The summed E-state index contributed by atoms with van der Waals surface area (Å²) < 4.78 is 2.92. The highest BCUT2D eigenvalue weighted by atomic mass is 79.9. The minimum atomic E-state index is -0.200. The van der Waals surface area contributed by atoms with E-state index in [0.717, 1.165) is 21.4 Å². The van der Waals surface area contributed by atoms with Gasteiger partial charge in [-0.3, -0.25) is 4.68 Å². The highest BCUT2D eigenvalue weighted by Gasteiger charge is 2.20. The summed E-state index contributed by atoms with van der Waals surface area (Å²) in [6, 6.07) is 8.37. The molecule has 2 N–H and O–H groups in total. The van der Waals surface area contributed by atoms with Gasteiger partial charge in [0.1, 0.15) is 0 Å². The number of benzene rings is 1. The fourth-order valence-electron chi connectivity index (χ4n) is 2.21. The van der Waals surface area contributed by atoms with E-state index in [2.05, 4.69) is 58.0 Å². The Morgan fingerprint density at radius 2 is 2.00 bits per heavy atom. The average Bonchev–Trinajstić information content (AvgIpc) is 2.80. The van der Waals surface area contributed by atoms with E-state index < -0.39 is 0 Å². The zero-order valence-electron chi connectivity index (χ0n) is 12.3. The average molecular weight is 337 g/mol. The van der Waals surface area contributed by atoms with Crippen molar-refractivity contribution < 1.29 is 0 Å². The summed E-state index contributed by atoms with van der Waals surface area (Å²) in [4.78, 5) is 2.07. The van der Waals surface area contributed by atoms with Crippen molar-refractivity contribution in [3.05, 3.63) is 46.2 Å². The summed E-state index contributed by atoms with van der Waals surface area (Å²) in [7, 11) is 4.05. The number of hydrogen-bond donors (Lipinski definition) is 1. The Hall–Kier alpha value is -1.33. The predicted octanol–water partition coefficient (Wildman–Crippen LogP) is 3.34. The lowest BCUT2D eigenvalue weighted by Gasteiger charge is -2.20. The van der Waals surface area contributed by atoms with Gasteiger partial charge in [0.15, 0.2) is 0 Å². The smallest absolute Gasteiger partial charge is 0.0742 e. The van der Waals surface area contributed by atoms with Crippen LogP contribution in [0.1, 0.15) is 37.2 Å². The van der Waals surface area contributed by atoms with E-state index in [-0.39, 0.29) is 12.1 Å². The second-order valence-electron chi connectivity index (χ2n) is 5.38. The lowest BCUT2D eigenvalue weighted by atomic mass is 10.0. The molecule has 0 saturated carbocycles. The lowest BCUT2D eigenvalue weighted by Crippen LogP contribution is -2.19. The van der Waals surface area contributed by atoms with Crippen LogP contribution >= 0.6 is 15.9 Å². The van der Waals surface area contributed by atoms with E-state index in [0.29, 0.717) is 0 Å². The van der Waals surface area contributed by atoms with Gasteiger partial charge in [0.2, 0.25) is 0 Å². The van der Waals surface area contributed by atoms with Gasteiger partial charge in [-0.15, -0.1) is 0 Å². The third-order valence-electron chi connectivity index (χ3n) is 3.32. The van der Waals surface area contributed by atoms with Gasteiger partial charge >= 0.3 is 0 Å². The van der Waals surface area contributed by atoms with Crippen molar-refractivity contribution in [2.45, 2.75) is 25.9 Å². The number of nitrogens with two attached hydrogens (primary N) is 1. The summed E-state index contributed by atoms with van der Waals surface area (Å²) in [5, 5.41) is 4.40. The Bertz CT molecular complexity index is 589. The maximum absolute atomic E-state index is 6.46. The monoisotopic (exact) mass is 336 g/mol. The predicted molar refractivity (Wildman–Crippen MR) is 87.1 cm³/mol. The quantitative estimate of drug-likeness (QED) is 0.931. The number of aromatic nitrogens is 2. The van der Waals surface area contributed by atoms with Gasteiger partial charge in [-0.2, -0.15) is 5.10 Å². The van der Waals surface area contributed by atoms with Crippen LogP contribution in [0.2, 0.25) is 0 Å². The Labute approximate surface area is 128 Å². The minimum Gasteiger partial charge on any atom is -0.378 e. The molecule has 20 heavy (non-hydrogen) atoms. The molecule has 0 aliphatic heterocycles. The molecular formula is C15H21BrN4. The SMILES string of the molecule is CC(C)n1ncc(Br)c1C(N)c1cccc(N(C)C)c1. The van der Waals surface area contributed by atoms with Gasteiger partial charge in [0.05, 0.1) is 22.4 Å². The van der Waals surface area contributed by atoms with Gasteiger partial charge in [0.25, 0.3) is 0 Å². The van der Waals surface area contributed by atoms with Crippen LogP contribution in [0.25, 0.3) is 0 Å². The van der Waals surface area contributed by atoms with E-state index in [1.54, 1.807) is 0 Å². The number of rotatable bonds is 4. The van der Waals surface area contributed by atoms with Gasteiger partial charge in [-0.05, 0) is 47.5 Å². The van der Waals surface area contributed by atoms with Crippen LogP contribution in [0.4, 0.5) is 5.69 Å². The molecule has 108 valence electrons. The van der Waals surface area contributed by atoms with Crippen LogP contribution in [-0.2, 0) is 0 Å². The maximum Gasteiger partial charge on any atom is 0.0742 e. The van der Waals surface area contributed by atoms with E-state index in [1.165, 1.54) is 0 Å². The molecule has 0 amide bonds. The van der Waals surface area contributed by atoms with Crippen molar-refractivity contribution in [2.24, 2.45) is 5.73 Å². The highest BCUT2D eigenvalue weighted by molar-refractivity contribution is 9.10. The zero-order chi connectivity index (χ0) is 14.9. The van der Waals surface area contributed by atoms with E-state index in [1.807, 2.05) is 31.0 Å². The molecular weight excluding hydrogens is 316 g/mol. The summed E-state index contributed by atoms with van der Waals surface area (Å²) in [6.45, 7) is 4.21. The van der Waals surface area contributed by atoms with Crippen LogP contribution in [0.3, 0.4) is 0 Å². The topological polar surface area (TPSA) is 47.1 Å². The Kier molecular flexibility index (Phi) is 4.50. The number of nitrogens with zero attached hydrogens (tertiary/aromatic N) is 3. The molecule has 1 aromatic heterocycles. The van der Waals surface area contributed by atoms with Gasteiger partial charge in [-0.25, -0.2) is 0 Å². The molecule has 1 unspecified atom stereocenters. The molecule has 2 aromatic rings. The minimum absolute atomic E-state index is 0.200. The maximum atomic E-state index is 6.46. The Balaban J connectivity index is 2.43. The molecule has 5 heteroatoms. The van der Waals surface area contributed by atoms with Crippen molar-refractivity contribution in [3.8, 4) is 0 Å². The first-order valence-electron chi connectivity index (χ1n) is 6.67. The standard InChI is InChI=1S/C15H21BrN4/c1-10(2)20-15(13(16)9-18-20)14(17)11-6-5-7-12(8-11)19(3)4/h5-10,14H,17H2,1-4H3. The summed E-state index contributed by atoms with van der Waals surface area (Å²) in [6.07, 6.45) is 1.81. The number of hydrogen-bond acceptors (Lipinski definition) is 3. The molecule has 4 nitrogen and oxygen atoms in total. The molecule has 1 heterocycles. The molecule has 1 atom stereocenters. The van der Waals surface area contributed by atoms with Crippen LogP contribution in [0, 0.1) is 0 Å². The molecule has 0 aliphatic carbocycles. The molecule has 0 saturated heterocycles. The Morgan fingerprint density at radius 1 is 1.30 bits per heavy atom. The van der Waals surface area contributed by atoms with Gasteiger partial charge in [0, 0.05) is 25.8 Å². The fraction of sp³-hybridized carbons (Fsp3) is 0.400. The zero-order valence-corrected chi connectivity index (χ0v) is 13.9. The molecule has 1 aromatic carbocycles. The molecule has 0 bridgehead atoms. The summed E-state index contributed by atoms with van der Waals surface area (Å²) >= 11 is 3.56. The second kappa shape index (κ2) is 5.97. The first-order valence-corrected chi connectivity index (χ1v) is 7.47. The molecule has 0 spiro atoms. The lowest BCUT2D eigenvalue weighted by molar-refractivity contribution is 0.498. The highest BCUT2D eigenvalue weighted by Crippen LogP contribution is 2.30. The number of anilines is 1. The van der Waals surface area contributed by atoms with Crippen molar-refractivity contribution in [3.63, 3.8) is 0 Å². The van der Waals surface area contributed by atoms with Crippen LogP contribution in [0.15, 0.2) is 34.9 Å². The third kappa shape index (κ3) is 2.88. The van der Waals surface area contributed by atoms with Crippen LogP contribution in [-0.4, -0.2) is 23.9 Å². The molecule has 2 rings (SSSR count). The first kappa shape index (κ1) is 15.1. The summed E-state index contributed by atoms with van der Waals surface area (Å²) in [5.74, 6) is 0. The van der Waals surface area contributed by atoms with E-state index in [9.17, 15) is 0 Å². The number of halogens is 1. The van der Waals surface area contributed by atoms with E-state index in [4.69, 9.17) is 5.73 Å². The van der Waals surface area contributed by atoms with Crippen LogP contribution in [0.5, 0.6) is 0 Å². The largest absolute Gasteiger partial charge is 0.378 e. The molecule has 0 fully saturated rings. The van der Waals surface area contributed by atoms with E-state index >= 15 is 0 Å². The third-order valence-corrected chi connectivity index (χ3v) is 3.93. The first-order chi connectivity index (χ1) is 9.41. The molecule has 0 aliphatic rings. The fourth-order valence-corrected chi connectivity index (χ4v) is 2.73. The van der Waals surface area contributed by atoms with Crippen molar-refractivity contribution in [1.82, 2.24) is 9.78 Å². The van der Waals surface area contributed by atoms with Crippen molar-refractivity contribution in [1.29, 1.82) is 0 Å². The van der Waals surface area contributed by atoms with Crippen LogP contribution < -0.4 is 10.6 Å². The van der Waals surface area contributed by atoms with Gasteiger partial charge < -0.3 is 10.6 Å². The second-order valence-corrected chi connectivity index (χ2v) is 6.24. The van der Waals surface area contributed by atoms with Gasteiger partial charge in [-0.1, -0.05) is 12.1 Å². The molecule has 0 radical (unpaired) electrons. The normalized spacial score (nSPS) is 12.8. The Morgan fingerprint density at radius 3 is 2.60 bits per heavy atom.